The zero-order valence-electron chi connectivity index (χ0n) is 11.2. The van der Waals surface area contributed by atoms with Gasteiger partial charge in [0, 0.05) is 31.2 Å². The number of halogens is 1. The van der Waals surface area contributed by atoms with Crippen LogP contribution in [0.4, 0.5) is 10.1 Å². The summed E-state index contributed by atoms with van der Waals surface area (Å²) in [5.74, 6) is -0.370. The van der Waals surface area contributed by atoms with Gasteiger partial charge in [0.2, 0.25) is 0 Å². The maximum Gasteiger partial charge on any atom is 0.159 e. The summed E-state index contributed by atoms with van der Waals surface area (Å²) in [6.07, 6.45) is 2.47. The molecule has 0 spiro atoms. The second-order valence-corrected chi connectivity index (χ2v) is 5.50. The number of ketones is 1. The Bertz CT molecular complexity index is 503. The number of nitrogens with zero attached hydrogens (tertiary/aromatic N) is 2. The minimum absolute atomic E-state index is 0.0916. The van der Waals surface area contributed by atoms with E-state index in [9.17, 15) is 9.18 Å². The fraction of sp³-hybridized carbons (Fsp3) is 0.533. The molecule has 19 heavy (non-hydrogen) atoms. The Morgan fingerprint density at radius 3 is 2.89 bits per heavy atom. The number of anilines is 1. The van der Waals surface area contributed by atoms with E-state index in [1.54, 1.807) is 12.1 Å². The Balaban J connectivity index is 1.80. The van der Waals surface area contributed by atoms with Crippen molar-refractivity contribution in [1.82, 2.24) is 4.90 Å². The molecule has 2 heterocycles. The number of carbonyl (C=O) groups is 1. The minimum Gasteiger partial charge on any atom is -0.366 e. The van der Waals surface area contributed by atoms with Crippen molar-refractivity contribution in [3.8, 4) is 0 Å². The maximum atomic E-state index is 14.1. The highest BCUT2D eigenvalue weighted by molar-refractivity contribution is 5.94. The second-order valence-electron chi connectivity index (χ2n) is 5.50. The molecule has 2 aliphatic rings. The Morgan fingerprint density at radius 1 is 1.32 bits per heavy atom. The van der Waals surface area contributed by atoms with Crippen molar-refractivity contribution >= 4 is 11.5 Å². The third-order valence-electron chi connectivity index (χ3n) is 4.28. The topological polar surface area (TPSA) is 23.6 Å². The molecule has 4 heteroatoms. The highest BCUT2D eigenvalue weighted by Gasteiger charge is 2.31. The maximum absolute atomic E-state index is 14.1. The van der Waals surface area contributed by atoms with Crippen LogP contribution in [0, 0.1) is 5.82 Å². The van der Waals surface area contributed by atoms with Crippen LogP contribution in [0.25, 0.3) is 0 Å². The summed E-state index contributed by atoms with van der Waals surface area (Å²) in [5.41, 5.74) is 1.08. The first kappa shape index (κ1) is 12.6. The lowest BCUT2D eigenvalue weighted by atomic mass is 10.1. The SMILES string of the molecule is CC(=O)c1ccc(N2CCN3CCCC3C2)c(F)c1. The van der Waals surface area contributed by atoms with Gasteiger partial charge in [0.05, 0.1) is 5.69 Å². The lowest BCUT2D eigenvalue weighted by Gasteiger charge is -2.38. The Labute approximate surface area is 113 Å². The largest absolute Gasteiger partial charge is 0.366 e. The number of hydrogen-bond donors (Lipinski definition) is 0. The number of Topliss-reactive ketones (excluding diaryl/α,β-unsaturated/α-hetero) is 1. The van der Waals surface area contributed by atoms with Crippen LogP contribution < -0.4 is 4.90 Å². The van der Waals surface area contributed by atoms with Gasteiger partial charge < -0.3 is 4.90 Å². The molecular weight excluding hydrogens is 243 g/mol. The Kier molecular flexibility index (Phi) is 3.27. The lowest BCUT2D eigenvalue weighted by Crippen LogP contribution is -2.50. The number of fused-ring (bicyclic) bond motifs is 1. The monoisotopic (exact) mass is 262 g/mol. The van der Waals surface area contributed by atoms with Gasteiger partial charge in [0.1, 0.15) is 5.82 Å². The molecule has 0 amide bonds. The summed E-state index contributed by atoms with van der Waals surface area (Å²) in [4.78, 5) is 15.9. The molecule has 2 aliphatic heterocycles. The lowest BCUT2D eigenvalue weighted by molar-refractivity contribution is 0.101. The van der Waals surface area contributed by atoms with Crippen molar-refractivity contribution in [2.75, 3.05) is 31.1 Å². The molecule has 1 unspecified atom stereocenters. The van der Waals surface area contributed by atoms with Gasteiger partial charge in [-0.3, -0.25) is 9.69 Å². The van der Waals surface area contributed by atoms with Crippen molar-refractivity contribution < 1.29 is 9.18 Å². The number of carbonyl (C=O) groups excluding carboxylic acids is 1. The number of piperazine rings is 1. The van der Waals surface area contributed by atoms with Crippen LogP contribution in [0.15, 0.2) is 18.2 Å². The quantitative estimate of drug-likeness (QED) is 0.764. The standard InChI is InChI=1S/C15H19FN2O/c1-11(19)12-4-5-15(14(16)9-12)18-8-7-17-6-2-3-13(17)10-18/h4-5,9,13H,2-3,6-8,10H2,1H3. The number of rotatable bonds is 2. The van der Waals surface area contributed by atoms with Crippen LogP contribution >= 0.6 is 0 Å². The van der Waals surface area contributed by atoms with E-state index in [0.717, 1.165) is 19.6 Å². The summed E-state index contributed by atoms with van der Waals surface area (Å²) in [6.45, 7) is 5.43. The number of benzene rings is 1. The molecule has 0 bridgehead atoms. The molecule has 0 radical (unpaired) electrons. The van der Waals surface area contributed by atoms with Gasteiger partial charge in [-0.1, -0.05) is 0 Å². The fourth-order valence-electron chi connectivity index (χ4n) is 3.19. The van der Waals surface area contributed by atoms with Crippen LogP contribution in [0.1, 0.15) is 30.1 Å². The molecule has 1 atom stereocenters. The first-order valence-corrected chi connectivity index (χ1v) is 6.94. The molecule has 2 saturated heterocycles. The van der Waals surface area contributed by atoms with Gasteiger partial charge in [-0.15, -0.1) is 0 Å². The molecular formula is C15H19FN2O. The average Bonchev–Trinajstić information content (AvgIpc) is 2.85. The van der Waals surface area contributed by atoms with E-state index in [-0.39, 0.29) is 11.6 Å². The highest BCUT2D eigenvalue weighted by atomic mass is 19.1. The zero-order valence-corrected chi connectivity index (χ0v) is 11.2. The zero-order chi connectivity index (χ0) is 13.4. The van der Waals surface area contributed by atoms with Gasteiger partial charge in [-0.25, -0.2) is 4.39 Å². The van der Waals surface area contributed by atoms with Gasteiger partial charge in [-0.05, 0) is 44.5 Å². The third kappa shape index (κ3) is 2.37. The molecule has 2 fully saturated rings. The molecule has 0 saturated carbocycles. The van der Waals surface area contributed by atoms with Crippen LogP contribution in [0.2, 0.25) is 0 Å². The molecule has 102 valence electrons. The Morgan fingerprint density at radius 2 is 2.16 bits per heavy atom. The second kappa shape index (κ2) is 4.93. The van der Waals surface area contributed by atoms with E-state index in [1.807, 2.05) is 0 Å². The average molecular weight is 262 g/mol. The van der Waals surface area contributed by atoms with Crippen LogP contribution in [-0.2, 0) is 0 Å². The first-order valence-electron chi connectivity index (χ1n) is 6.94. The summed E-state index contributed by atoms with van der Waals surface area (Å²) < 4.78 is 14.1. The van der Waals surface area contributed by atoms with Gasteiger partial charge in [0.15, 0.2) is 5.78 Å². The van der Waals surface area contributed by atoms with Crippen molar-refractivity contribution in [2.24, 2.45) is 0 Å². The van der Waals surface area contributed by atoms with E-state index in [4.69, 9.17) is 0 Å². The summed E-state index contributed by atoms with van der Waals surface area (Å²) in [6, 6.07) is 5.40. The first-order chi connectivity index (χ1) is 9.15. The molecule has 0 aromatic heterocycles. The van der Waals surface area contributed by atoms with Gasteiger partial charge in [-0.2, -0.15) is 0 Å². The van der Waals surface area contributed by atoms with Crippen molar-refractivity contribution in [3.63, 3.8) is 0 Å². The van der Waals surface area contributed by atoms with E-state index in [2.05, 4.69) is 9.80 Å². The Hall–Kier alpha value is -1.42. The molecule has 0 N–H and O–H groups in total. The number of hydrogen-bond acceptors (Lipinski definition) is 3. The van der Waals surface area contributed by atoms with E-state index in [1.165, 1.54) is 32.4 Å². The molecule has 1 aromatic carbocycles. The summed E-state index contributed by atoms with van der Waals surface area (Å²) in [5, 5.41) is 0. The smallest absolute Gasteiger partial charge is 0.159 e. The highest BCUT2D eigenvalue weighted by Crippen LogP contribution is 2.27. The molecule has 3 nitrogen and oxygen atoms in total. The molecule has 0 aliphatic carbocycles. The minimum atomic E-state index is -0.279. The third-order valence-corrected chi connectivity index (χ3v) is 4.28. The van der Waals surface area contributed by atoms with Gasteiger partial charge in [0.25, 0.3) is 0 Å². The van der Waals surface area contributed by atoms with Crippen molar-refractivity contribution in [3.05, 3.63) is 29.6 Å². The molecule has 3 rings (SSSR count). The fourth-order valence-corrected chi connectivity index (χ4v) is 3.19. The summed E-state index contributed by atoms with van der Waals surface area (Å²) >= 11 is 0. The molecule has 1 aromatic rings. The van der Waals surface area contributed by atoms with Gasteiger partial charge >= 0.3 is 0 Å². The predicted molar refractivity (Wildman–Crippen MR) is 73.2 cm³/mol. The van der Waals surface area contributed by atoms with E-state index < -0.39 is 0 Å². The van der Waals surface area contributed by atoms with Crippen LogP contribution in [-0.4, -0.2) is 42.9 Å². The summed E-state index contributed by atoms with van der Waals surface area (Å²) in [7, 11) is 0. The predicted octanol–water partition coefficient (Wildman–Crippen LogP) is 2.31. The van der Waals surface area contributed by atoms with Crippen LogP contribution in [0.5, 0.6) is 0 Å². The van der Waals surface area contributed by atoms with Crippen molar-refractivity contribution in [1.29, 1.82) is 0 Å². The van der Waals surface area contributed by atoms with Crippen LogP contribution in [0.3, 0.4) is 0 Å². The van der Waals surface area contributed by atoms with Crippen molar-refractivity contribution in [2.45, 2.75) is 25.8 Å². The van der Waals surface area contributed by atoms with E-state index >= 15 is 0 Å². The normalized spacial score (nSPS) is 23.5. The van der Waals surface area contributed by atoms with E-state index in [0.29, 0.717) is 17.3 Å².